The monoisotopic (exact) mass is 351 g/mol. The summed E-state index contributed by atoms with van der Waals surface area (Å²) in [6.07, 6.45) is -4.49. The van der Waals surface area contributed by atoms with E-state index in [1.165, 1.54) is 47.0 Å². The molecule has 0 N–H and O–H groups in total. The molecular formula is C17H13F4N3O. The molecule has 0 unspecified atom stereocenters. The summed E-state index contributed by atoms with van der Waals surface area (Å²) in [7, 11) is 1.56. The maximum Gasteiger partial charge on any atom is 0.417 e. The minimum atomic E-state index is -4.49. The molecule has 130 valence electrons. The molecule has 8 heteroatoms. The van der Waals surface area contributed by atoms with Crippen LogP contribution in [0.25, 0.3) is 11.4 Å². The van der Waals surface area contributed by atoms with Crippen LogP contribution in [0.1, 0.15) is 11.4 Å². The summed E-state index contributed by atoms with van der Waals surface area (Å²) in [4.78, 5) is 0. The maximum atomic E-state index is 13.2. The van der Waals surface area contributed by atoms with Crippen LogP contribution in [0.3, 0.4) is 0 Å². The highest BCUT2D eigenvalue weighted by atomic mass is 19.4. The molecule has 0 fully saturated rings. The molecule has 25 heavy (non-hydrogen) atoms. The Balaban J connectivity index is 1.86. The van der Waals surface area contributed by atoms with Crippen molar-refractivity contribution in [2.75, 3.05) is 0 Å². The molecule has 0 aliphatic rings. The van der Waals surface area contributed by atoms with E-state index in [1.54, 1.807) is 7.05 Å². The first-order chi connectivity index (χ1) is 11.9. The van der Waals surface area contributed by atoms with Crippen LogP contribution < -0.4 is 4.74 Å². The Morgan fingerprint density at radius 2 is 1.68 bits per heavy atom. The summed E-state index contributed by atoms with van der Waals surface area (Å²) >= 11 is 0. The van der Waals surface area contributed by atoms with Crippen molar-refractivity contribution in [3.05, 3.63) is 65.7 Å². The van der Waals surface area contributed by atoms with Crippen molar-refractivity contribution < 1.29 is 22.3 Å². The van der Waals surface area contributed by atoms with Gasteiger partial charge in [-0.1, -0.05) is 18.2 Å². The van der Waals surface area contributed by atoms with Gasteiger partial charge in [-0.05, 0) is 30.3 Å². The van der Waals surface area contributed by atoms with E-state index >= 15 is 0 Å². The third kappa shape index (κ3) is 3.62. The van der Waals surface area contributed by atoms with Crippen LogP contribution in [0.4, 0.5) is 17.6 Å². The van der Waals surface area contributed by atoms with E-state index < -0.39 is 17.6 Å². The molecule has 3 aromatic rings. The molecule has 1 aromatic heterocycles. The van der Waals surface area contributed by atoms with Crippen molar-refractivity contribution >= 4 is 0 Å². The summed E-state index contributed by atoms with van der Waals surface area (Å²) in [5.74, 6) is 0.459. The molecule has 0 aliphatic heterocycles. The van der Waals surface area contributed by atoms with Crippen molar-refractivity contribution in [1.82, 2.24) is 14.8 Å². The van der Waals surface area contributed by atoms with Crippen LogP contribution >= 0.6 is 0 Å². The SMILES string of the molecule is Cn1c(COc2ccc(F)cc2)nnc1-c1ccccc1C(F)(F)F. The van der Waals surface area contributed by atoms with Crippen LogP contribution in [0.5, 0.6) is 5.75 Å². The van der Waals surface area contributed by atoms with E-state index in [0.717, 1.165) is 6.07 Å². The van der Waals surface area contributed by atoms with Gasteiger partial charge in [0.05, 0.1) is 5.56 Å². The van der Waals surface area contributed by atoms with Crippen LogP contribution in [0.2, 0.25) is 0 Å². The summed E-state index contributed by atoms with van der Waals surface area (Å²) in [6.45, 7) is -0.0106. The van der Waals surface area contributed by atoms with Crippen molar-refractivity contribution in [2.24, 2.45) is 7.05 Å². The van der Waals surface area contributed by atoms with E-state index in [-0.39, 0.29) is 18.0 Å². The van der Waals surface area contributed by atoms with Gasteiger partial charge in [0.1, 0.15) is 18.2 Å². The van der Waals surface area contributed by atoms with Gasteiger partial charge in [0.15, 0.2) is 11.6 Å². The normalized spacial score (nSPS) is 11.6. The lowest BCUT2D eigenvalue weighted by molar-refractivity contribution is -0.137. The van der Waals surface area contributed by atoms with Gasteiger partial charge in [-0.2, -0.15) is 13.2 Å². The number of benzene rings is 2. The van der Waals surface area contributed by atoms with E-state index in [9.17, 15) is 17.6 Å². The van der Waals surface area contributed by atoms with Crippen LogP contribution in [0.15, 0.2) is 48.5 Å². The minimum absolute atomic E-state index is 0.0106. The van der Waals surface area contributed by atoms with E-state index in [2.05, 4.69) is 10.2 Å². The molecule has 0 spiro atoms. The van der Waals surface area contributed by atoms with Crippen LogP contribution in [-0.2, 0) is 19.8 Å². The fourth-order valence-electron chi connectivity index (χ4n) is 2.33. The zero-order chi connectivity index (χ0) is 18.0. The minimum Gasteiger partial charge on any atom is -0.486 e. The molecule has 2 aromatic carbocycles. The highest BCUT2D eigenvalue weighted by molar-refractivity contribution is 5.61. The lowest BCUT2D eigenvalue weighted by atomic mass is 10.1. The lowest BCUT2D eigenvalue weighted by Gasteiger charge is -2.12. The summed E-state index contributed by atoms with van der Waals surface area (Å²) < 4.78 is 59.3. The Bertz CT molecular complexity index is 872. The zero-order valence-corrected chi connectivity index (χ0v) is 13.1. The number of hydrogen-bond donors (Lipinski definition) is 0. The van der Waals surface area contributed by atoms with Gasteiger partial charge in [-0.25, -0.2) is 4.39 Å². The topological polar surface area (TPSA) is 39.9 Å². The molecule has 0 saturated carbocycles. The molecular weight excluding hydrogens is 338 g/mol. The third-order valence-corrected chi connectivity index (χ3v) is 3.62. The van der Waals surface area contributed by atoms with Crippen LogP contribution in [0, 0.1) is 5.82 Å². The first-order valence-electron chi connectivity index (χ1n) is 7.29. The number of alkyl halides is 3. The second kappa shape index (κ2) is 6.54. The predicted molar refractivity (Wildman–Crippen MR) is 82.2 cm³/mol. The first kappa shape index (κ1) is 16.9. The molecule has 0 bridgehead atoms. The van der Waals surface area contributed by atoms with E-state index in [0.29, 0.717) is 11.6 Å². The Hall–Kier alpha value is -2.90. The van der Waals surface area contributed by atoms with Crippen molar-refractivity contribution in [2.45, 2.75) is 12.8 Å². The second-order valence-corrected chi connectivity index (χ2v) is 5.28. The largest absolute Gasteiger partial charge is 0.486 e. The van der Waals surface area contributed by atoms with Gasteiger partial charge < -0.3 is 9.30 Å². The first-order valence-corrected chi connectivity index (χ1v) is 7.29. The zero-order valence-electron chi connectivity index (χ0n) is 13.1. The molecule has 0 atom stereocenters. The smallest absolute Gasteiger partial charge is 0.417 e. The van der Waals surface area contributed by atoms with Crippen molar-refractivity contribution in [3.63, 3.8) is 0 Å². The molecule has 3 rings (SSSR count). The molecule has 1 heterocycles. The van der Waals surface area contributed by atoms with Gasteiger partial charge in [-0.15, -0.1) is 10.2 Å². The Labute approximate surface area is 140 Å². The molecule has 0 aliphatic carbocycles. The number of nitrogens with zero attached hydrogens (tertiary/aromatic N) is 3. The number of hydrogen-bond acceptors (Lipinski definition) is 3. The third-order valence-electron chi connectivity index (χ3n) is 3.62. The Morgan fingerprint density at radius 3 is 2.36 bits per heavy atom. The van der Waals surface area contributed by atoms with E-state index in [4.69, 9.17) is 4.74 Å². The predicted octanol–water partition coefficient (Wildman–Crippen LogP) is 4.22. The highest BCUT2D eigenvalue weighted by Gasteiger charge is 2.34. The number of halogens is 4. The molecule has 0 radical (unpaired) electrons. The number of aromatic nitrogens is 3. The standard InChI is InChI=1S/C17H13F4N3O/c1-24-15(10-25-12-8-6-11(18)7-9-12)22-23-16(24)13-4-2-3-5-14(13)17(19,20)21/h2-9H,10H2,1H3. The second-order valence-electron chi connectivity index (χ2n) is 5.28. The fraction of sp³-hybridized carbons (Fsp3) is 0.176. The quantitative estimate of drug-likeness (QED) is 0.661. The summed E-state index contributed by atoms with van der Waals surface area (Å²) in [6, 6.07) is 10.6. The van der Waals surface area contributed by atoms with Gasteiger partial charge in [0, 0.05) is 12.6 Å². The van der Waals surface area contributed by atoms with Gasteiger partial charge in [0.25, 0.3) is 0 Å². The highest BCUT2D eigenvalue weighted by Crippen LogP contribution is 2.36. The summed E-state index contributed by atoms with van der Waals surface area (Å²) in [5.41, 5.74) is -0.838. The Morgan fingerprint density at radius 1 is 1.00 bits per heavy atom. The molecule has 0 saturated heterocycles. The maximum absolute atomic E-state index is 13.2. The fourth-order valence-corrected chi connectivity index (χ4v) is 2.33. The van der Waals surface area contributed by atoms with Crippen LogP contribution in [-0.4, -0.2) is 14.8 Å². The number of rotatable bonds is 4. The van der Waals surface area contributed by atoms with Crippen molar-refractivity contribution in [3.8, 4) is 17.1 Å². The Kier molecular flexibility index (Phi) is 4.43. The number of ether oxygens (including phenoxy) is 1. The summed E-state index contributed by atoms with van der Waals surface area (Å²) in [5, 5.41) is 7.75. The average Bonchev–Trinajstić information content (AvgIpc) is 2.94. The molecule has 4 nitrogen and oxygen atoms in total. The van der Waals surface area contributed by atoms with Gasteiger partial charge in [-0.3, -0.25) is 0 Å². The average molecular weight is 351 g/mol. The lowest BCUT2D eigenvalue weighted by Crippen LogP contribution is -2.09. The van der Waals surface area contributed by atoms with Gasteiger partial charge >= 0.3 is 6.18 Å². The van der Waals surface area contributed by atoms with Gasteiger partial charge in [0.2, 0.25) is 0 Å². The molecule has 0 amide bonds. The van der Waals surface area contributed by atoms with Crippen molar-refractivity contribution in [1.29, 1.82) is 0 Å². The van der Waals surface area contributed by atoms with E-state index in [1.807, 2.05) is 0 Å².